The predicted molar refractivity (Wildman–Crippen MR) is 82.4 cm³/mol. The Balaban J connectivity index is 2.16. The summed E-state index contributed by atoms with van der Waals surface area (Å²) < 4.78 is 1.99. The average molecular weight is 273 g/mol. The predicted octanol–water partition coefficient (Wildman–Crippen LogP) is 2.54. The maximum absolute atomic E-state index is 5.86. The second-order valence-corrected chi connectivity index (χ2v) is 5.36. The van der Waals surface area contributed by atoms with E-state index < -0.39 is 0 Å². The van der Waals surface area contributed by atoms with Crippen molar-refractivity contribution in [1.82, 2.24) is 14.8 Å². The average Bonchev–Trinajstić information content (AvgIpc) is 2.82. The standard InChI is InChI=1S/C15H23N5/c1-4-19(14-7-5-6-13(16)8-14)10-15-17-11-18-20(15)9-12(2)3/h5-8,11-12H,4,9-10,16H2,1-3H3. The molecule has 0 aliphatic rings. The molecule has 0 unspecified atom stereocenters. The molecule has 2 rings (SSSR count). The van der Waals surface area contributed by atoms with Gasteiger partial charge in [0.2, 0.25) is 0 Å². The molecule has 5 nitrogen and oxygen atoms in total. The van der Waals surface area contributed by atoms with Crippen LogP contribution in [0.5, 0.6) is 0 Å². The number of nitrogens with two attached hydrogens (primary N) is 1. The zero-order valence-electron chi connectivity index (χ0n) is 12.5. The van der Waals surface area contributed by atoms with E-state index in [1.54, 1.807) is 6.33 Å². The van der Waals surface area contributed by atoms with Crippen LogP contribution in [0.15, 0.2) is 30.6 Å². The topological polar surface area (TPSA) is 60.0 Å². The number of rotatable bonds is 6. The van der Waals surface area contributed by atoms with Crippen LogP contribution in [0.2, 0.25) is 0 Å². The first-order chi connectivity index (χ1) is 9.60. The summed E-state index contributed by atoms with van der Waals surface area (Å²) >= 11 is 0. The van der Waals surface area contributed by atoms with Gasteiger partial charge in [0.1, 0.15) is 12.2 Å². The van der Waals surface area contributed by atoms with E-state index in [1.165, 1.54) is 0 Å². The maximum Gasteiger partial charge on any atom is 0.146 e. The van der Waals surface area contributed by atoms with E-state index in [1.807, 2.05) is 22.9 Å². The van der Waals surface area contributed by atoms with Crippen molar-refractivity contribution in [3.8, 4) is 0 Å². The molecule has 0 radical (unpaired) electrons. The summed E-state index contributed by atoms with van der Waals surface area (Å²) in [5.41, 5.74) is 7.76. The second-order valence-electron chi connectivity index (χ2n) is 5.36. The summed E-state index contributed by atoms with van der Waals surface area (Å²) in [7, 11) is 0. The molecule has 0 amide bonds. The first-order valence-corrected chi connectivity index (χ1v) is 7.07. The van der Waals surface area contributed by atoms with Gasteiger partial charge in [-0.1, -0.05) is 19.9 Å². The number of aromatic nitrogens is 3. The highest BCUT2D eigenvalue weighted by atomic mass is 15.3. The number of nitrogen functional groups attached to an aromatic ring is 1. The fraction of sp³-hybridized carbons (Fsp3) is 0.467. The van der Waals surface area contributed by atoms with Crippen LogP contribution in [-0.2, 0) is 13.1 Å². The summed E-state index contributed by atoms with van der Waals surface area (Å²) in [6.07, 6.45) is 1.63. The summed E-state index contributed by atoms with van der Waals surface area (Å²) in [6, 6.07) is 7.94. The molecule has 1 aromatic carbocycles. The van der Waals surface area contributed by atoms with Gasteiger partial charge < -0.3 is 10.6 Å². The molecule has 2 N–H and O–H groups in total. The Hall–Kier alpha value is -2.04. The van der Waals surface area contributed by atoms with E-state index in [0.717, 1.165) is 36.8 Å². The van der Waals surface area contributed by atoms with Gasteiger partial charge in [0, 0.05) is 24.5 Å². The number of anilines is 2. The van der Waals surface area contributed by atoms with Crippen LogP contribution >= 0.6 is 0 Å². The largest absolute Gasteiger partial charge is 0.399 e. The summed E-state index contributed by atoms with van der Waals surface area (Å²) in [5.74, 6) is 1.54. The molecule has 0 saturated heterocycles. The lowest BCUT2D eigenvalue weighted by Gasteiger charge is -2.23. The third-order valence-corrected chi connectivity index (χ3v) is 3.18. The molecule has 0 bridgehead atoms. The monoisotopic (exact) mass is 273 g/mol. The summed E-state index contributed by atoms with van der Waals surface area (Å²) in [4.78, 5) is 6.63. The molecular formula is C15H23N5. The van der Waals surface area contributed by atoms with Gasteiger partial charge in [-0.25, -0.2) is 9.67 Å². The Labute approximate surface area is 120 Å². The van der Waals surface area contributed by atoms with Gasteiger partial charge in [0.25, 0.3) is 0 Å². The van der Waals surface area contributed by atoms with Crippen molar-refractivity contribution < 1.29 is 0 Å². The van der Waals surface area contributed by atoms with Crippen molar-refractivity contribution in [3.05, 3.63) is 36.4 Å². The lowest BCUT2D eigenvalue weighted by molar-refractivity contribution is 0.464. The Bertz CT molecular complexity index is 547. The van der Waals surface area contributed by atoms with Gasteiger partial charge >= 0.3 is 0 Å². The molecule has 20 heavy (non-hydrogen) atoms. The highest BCUT2D eigenvalue weighted by Crippen LogP contribution is 2.19. The van der Waals surface area contributed by atoms with Gasteiger partial charge in [-0.05, 0) is 31.0 Å². The van der Waals surface area contributed by atoms with E-state index in [0.29, 0.717) is 5.92 Å². The Morgan fingerprint density at radius 3 is 2.80 bits per heavy atom. The zero-order chi connectivity index (χ0) is 14.5. The first kappa shape index (κ1) is 14.4. The van der Waals surface area contributed by atoms with Crippen LogP contribution in [0.4, 0.5) is 11.4 Å². The van der Waals surface area contributed by atoms with Crippen LogP contribution in [0.3, 0.4) is 0 Å². The third-order valence-electron chi connectivity index (χ3n) is 3.18. The molecule has 0 fully saturated rings. The van der Waals surface area contributed by atoms with Gasteiger partial charge in [-0.3, -0.25) is 0 Å². The molecule has 0 aliphatic heterocycles. The van der Waals surface area contributed by atoms with Crippen molar-refractivity contribution in [3.63, 3.8) is 0 Å². The van der Waals surface area contributed by atoms with E-state index in [2.05, 4.69) is 41.8 Å². The minimum absolute atomic E-state index is 0.554. The molecule has 0 aliphatic carbocycles. The Morgan fingerprint density at radius 2 is 2.15 bits per heavy atom. The first-order valence-electron chi connectivity index (χ1n) is 7.07. The lowest BCUT2D eigenvalue weighted by atomic mass is 10.2. The number of hydrogen-bond acceptors (Lipinski definition) is 4. The van der Waals surface area contributed by atoms with Gasteiger partial charge in [0.15, 0.2) is 0 Å². The highest BCUT2D eigenvalue weighted by Gasteiger charge is 2.11. The molecule has 108 valence electrons. The van der Waals surface area contributed by atoms with E-state index in [4.69, 9.17) is 5.73 Å². The quantitative estimate of drug-likeness (QED) is 0.822. The van der Waals surface area contributed by atoms with Crippen molar-refractivity contribution in [1.29, 1.82) is 0 Å². The number of nitrogens with zero attached hydrogens (tertiary/aromatic N) is 4. The molecule has 1 heterocycles. The van der Waals surface area contributed by atoms with Gasteiger partial charge in [-0.2, -0.15) is 5.10 Å². The van der Waals surface area contributed by atoms with E-state index in [9.17, 15) is 0 Å². The van der Waals surface area contributed by atoms with Crippen LogP contribution in [0.1, 0.15) is 26.6 Å². The van der Waals surface area contributed by atoms with Crippen molar-refractivity contribution in [2.24, 2.45) is 5.92 Å². The van der Waals surface area contributed by atoms with Gasteiger partial charge in [0.05, 0.1) is 6.54 Å². The van der Waals surface area contributed by atoms with E-state index in [-0.39, 0.29) is 0 Å². The summed E-state index contributed by atoms with van der Waals surface area (Å²) in [5, 5.41) is 4.31. The normalized spacial score (nSPS) is 11.0. The highest BCUT2D eigenvalue weighted by molar-refractivity contribution is 5.55. The Kier molecular flexibility index (Phi) is 4.61. The fourth-order valence-electron chi connectivity index (χ4n) is 2.19. The molecule has 0 atom stereocenters. The molecule has 0 saturated carbocycles. The lowest BCUT2D eigenvalue weighted by Crippen LogP contribution is -2.25. The van der Waals surface area contributed by atoms with Crippen LogP contribution < -0.4 is 10.6 Å². The molecular weight excluding hydrogens is 250 g/mol. The number of benzene rings is 1. The van der Waals surface area contributed by atoms with Crippen molar-refractivity contribution in [2.75, 3.05) is 17.2 Å². The molecule has 2 aromatic rings. The van der Waals surface area contributed by atoms with Crippen LogP contribution in [-0.4, -0.2) is 21.3 Å². The van der Waals surface area contributed by atoms with Crippen LogP contribution in [0, 0.1) is 5.92 Å². The second kappa shape index (κ2) is 6.41. The van der Waals surface area contributed by atoms with E-state index >= 15 is 0 Å². The molecule has 0 spiro atoms. The minimum atomic E-state index is 0.554. The smallest absolute Gasteiger partial charge is 0.146 e. The van der Waals surface area contributed by atoms with Crippen molar-refractivity contribution in [2.45, 2.75) is 33.9 Å². The fourth-order valence-corrected chi connectivity index (χ4v) is 2.19. The SMILES string of the molecule is CCN(Cc1ncnn1CC(C)C)c1cccc(N)c1. The maximum atomic E-state index is 5.86. The van der Waals surface area contributed by atoms with Gasteiger partial charge in [-0.15, -0.1) is 0 Å². The summed E-state index contributed by atoms with van der Waals surface area (Å²) in [6.45, 7) is 9.03. The zero-order valence-corrected chi connectivity index (χ0v) is 12.5. The number of hydrogen-bond donors (Lipinski definition) is 1. The minimum Gasteiger partial charge on any atom is -0.399 e. The van der Waals surface area contributed by atoms with Crippen LogP contribution in [0.25, 0.3) is 0 Å². The third kappa shape index (κ3) is 3.50. The molecule has 1 aromatic heterocycles. The molecule has 5 heteroatoms. The van der Waals surface area contributed by atoms with Crippen molar-refractivity contribution >= 4 is 11.4 Å². The Morgan fingerprint density at radius 1 is 1.35 bits per heavy atom.